The highest BCUT2D eigenvalue weighted by Gasteiger charge is 2.12. The lowest BCUT2D eigenvalue weighted by molar-refractivity contribution is 0.0954. The molecule has 0 saturated carbocycles. The molecule has 0 aliphatic heterocycles. The highest BCUT2D eigenvalue weighted by molar-refractivity contribution is 7.15. The van der Waals surface area contributed by atoms with Gasteiger partial charge in [-0.25, -0.2) is 8.91 Å². The maximum Gasteiger partial charge on any atom is 0.251 e. The van der Waals surface area contributed by atoms with Crippen LogP contribution in [0.15, 0.2) is 53.9 Å². The van der Waals surface area contributed by atoms with Gasteiger partial charge in [0.05, 0.1) is 5.69 Å². The van der Waals surface area contributed by atoms with Gasteiger partial charge in [-0.3, -0.25) is 4.79 Å². The highest BCUT2D eigenvalue weighted by Crippen LogP contribution is 2.21. The zero-order valence-corrected chi connectivity index (χ0v) is 15.6. The second-order valence-electron chi connectivity index (χ2n) is 5.88. The van der Waals surface area contributed by atoms with Crippen LogP contribution in [-0.4, -0.2) is 27.0 Å². The van der Waals surface area contributed by atoms with Gasteiger partial charge in [0, 0.05) is 34.5 Å². The monoisotopic (exact) mass is 400 g/mol. The molecule has 1 N–H and O–H groups in total. The predicted molar refractivity (Wildman–Crippen MR) is 104 cm³/mol. The van der Waals surface area contributed by atoms with Gasteiger partial charge < -0.3 is 5.32 Å². The third-order valence-corrected chi connectivity index (χ3v) is 5.11. The number of aromatic nitrogens is 3. The summed E-state index contributed by atoms with van der Waals surface area (Å²) < 4.78 is 14.8. The number of nitrogens with one attached hydrogen (secondary N) is 1. The quantitative estimate of drug-likeness (QED) is 0.545. The van der Waals surface area contributed by atoms with Crippen LogP contribution in [-0.2, 0) is 6.42 Å². The lowest BCUT2D eigenvalue weighted by Gasteiger charge is -2.05. The van der Waals surface area contributed by atoms with E-state index in [2.05, 4.69) is 15.4 Å². The summed E-state index contributed by atoms with van der Waals surface area (Å²) in [5, 5.41) is 9.87. The van der Waals surface area contributed by atoms with Gasteiger partial charge in [-0.15, -0.1) is 16.4 Å². The fourth-order valence-corrected chi connectivity index (χ4v) is 3.70. The first-order valence-electron chi connectivity index (χ1n) is 8.23. The number of rotatable bonds is 5. The second-order valence-corrected chi connectivity index (χ2v) is 7.15. The van der Waals surface area contributed by atoms with Crippen molar-refractivity contribution >= 4 is 33.8 Å². The number of halogens is 2. The number of amides is 1. The Labute approximate surface area is 163 Å². The Morgan fingerprint density at radius 1 is 1.22 bits per heavy atom. The third kappa shape index (κ3) is 3.84. The molecule has 0 atom stereocenters. The molecule has 8 heteroatoms. The normalized spacial score (nSPS) is 11.0. The van der Waals surface area contributed by atoms with Gasteiger partial charge in [0.15, 0.2) is 5.82 Å². The Morgan fingerprint density at radius 3 is 2.81 bits per heavy atom. The zero-order valence-electron chi connectivity index (χ0n) is 14.0. The zero-order chi connectivity index (χ0) is 18.8. The van der Waals surface area contributed by atoms with Gasteiger partial charge >= 0.3 is 0 Å². The van der Waals surface area contributed by atoms with Crippen molar-refractivity contribution in [3.63, 3.8) is 0 Å². The topological polar surface area (TPSA) is 59.3 Å². The molecular weight excluding hydrogens is 387 g/mol. The average Bonchev–Trinajstić information content (AvgIpc) is 3.24. The Hall–Kier alpha value is -2.77. The van der Waals surface area contributed by atoms with E-state index in [0.29, 0.717) is 29.4 Å². The number of fused-ring (bicyclic) bond motifs is 1. The molecule has 0 fully saturated rings. The van der Waals surface area contributed by atoms with Crippen LogP contribution >= 0.6 is 22.9 Å². The van der Waals surface area contributed by atoms with Crippen LogP contribution in [0.25, 0.3) is 16.3 Å². The van der Waals surface area contributed by atoms with Crippen LogP contribution in [0.3, 0.4) is 0 Å². The van der Waals surface area contributed by atoms with E-state index >= 15 is 0 Å². The fraction of sp³-hybridized carbons (Fsp3) is 0.105. The molecule has 1 amide bonds. The largest absolute Gasteiger partial charge is 0.352 e. The molecule has 27 heavy (non-hydrogen) atoms. The lowest BCUT2D eigenvalue weighted by atomic mass is 10.2. The Morgan fingerprint density at radius 2 is 2.04 bits per heavy atom. The summed E-state index contributed by atoms with van der Waals surface area (Å²) in [6.07, 6.45) is 0.610. The van der Waals surface area contributed by atoms with E-state index < -0.39 is 0 Å². The average molecular weight is 401 g/mol. The maximum atomic E-state index is 13.1. The summed E-state index contributed by atoms with van der Waals surface area (Å²) in [7, 11) is 0. The fourth-order valence-electron chi connectivity index (χ4n) is 2.65. The molecule has 4 rings (SSSR count). The number of benzene rings is 2. The molecule has 2 aromatic heterocycles. The third-order valence-electron chi connectivity index (χ3n) is 4.01. The van der Waals surface area contributed by atoms with Crippen molar-refractivity contribution in [2.45, 2.75) is 6.42 Å². The maximum absolute atomic E-state index is 13.1. The SMILES string of the molecule is O=C(NCCc1csc2nc(-c3ccc(F)cc3)nn12)c1cccc(Cl)c1. The van der Waals surface area contributed by atoms with E-state index in [4.69, 9.17) is 11.6 Å². The molecule has 4 aromatic rings. The van der Waals surface area contributed by atoms with E-state index in [1.54, 1.807) is 40.9 Å². The number of hydrogen-bond acceptors (Lipinski definition) is 4. The van der Waals surface area contributed by atoms with Crippen molar-refractivity contribution in [3.8, 4) is 11.4 Å². The summed E-state index contributed by atoms with van der Waals surface area (Å²) in [5.74, 6) is 0.0801. The number of nitrogens with zero attached hydrogens (tertiary/aromatic N) is 3. The van der Waals surface area contributed by atoms with Crippen LogP contribution in [0.2, 0.25) is 5.02 Å². The molecule has 0 saturated heterocycles. The summed E-state index contributed by atoms with van der Waals surface area (Å²) in [5.41, 5.74) is 2.23. The van der Waals surface area contributed by atoms with Crippen LogP contribution in [0.4, 0.5) is 4.39 Å². The first-order chi connectivity index (χ1) is 13.1. The van der Waals surface area contributed by atoms with Crippen molar-refractivity contribution in [2.75, 3.05) is 6.54 Å². The molecule has 0 radical (unpaired) electrons. The van der Waals surface area contributed by atoms with E-state index in [1.807, 2.05) is 5.38 Å². The smallest absolute Gasteiger partial charge is 0.251 e. The minimum absolute atomic E-state index is 0.172. The van der Waals surface area contributed by atoms with E-state index in [1.165, 1.54) is 23.5 Å². The minimum atomic E-state index is -0.295. The van der Waals surface area contributed by atoms with E-state index in [-0.39, 0.29) is 11.7 Å². The van der Waals surface area contributed by atoms with Gasteiger partial charge in [-0.2, -0.15) is 4.98 Å². The van der Waals surface area contributed by atoms with Gasteiger partial charge in [-0.1, -0.05) is 17.7 Å². The number of carbonyl (C=O) groups excluding carboxylic acids is 1. The van der Waals surface area contributed by atoms with Crippen molar-refractivity contribution in [3.05, 3.63) is 76.0 Å². The number of thiazole rings is 1. The Kier molecular flexibility index (Phi) is 4.87. The summed E-state index contributed by atoms with van der Waals surface area (Å²) in [4.78, 5) is 17.4. The lowest BCUT2D eigenvalue weighted by Crippen LogP contribution is -2.26. The standard InChI is InChI=1S/C19H14ClFN4OS/c20-14-3-1-2-13(10-14)18(26)22-9-8-16-11-27-19-23-17(24-25(16)19)12-4-6-15(21)7-5-12/h1-7,10-11H,8-9H2,(H,22,26). The van der Waals surface area contributed by atoms with Gasteiger partial charge in [0.25, 0.3) is 5.91 Å². The van der Waals surface area contributed by atoms with Gasteiger partial charge in [0.2, 0.25) is 4.96 Å². The molecule has 0 spiro atoms. The summed E-state index contributed by atoms with van der Waals surface area (Å²) >= 11 is 7.39. The van der Waals surface area contributed by atoms with E-state index in [0.717, 1.165) is 16.2 Å². The minimum Gasteiger partial charge on any atom is -0.352 e. The molecular formula is C19H14ClFN4OS. The molecule has 0 aliphatic rings. The molecule has 2 heterocycles. The first kappa shape index (κ1) is 17.6. The van der Waals surface area contributed by atoms with Crippen LogP contribution in [0.1, 0.15) is 16.1 Å². The highest BCUT2D eigenvalue weighted by atomic mass is 35.5. The van der Waals surface area contributed by atoms with Crippen molar-refractivity contribution in [1.82, 2.24) is 19.9 Å². The number of carbonyl (C=O) groups is 1. The molecule has 0 unspecified atom stereocenters. The van der Waals surface area contributed by atoms with Crippen LogP contribution < -0.4 is 5.32 Å². The molecule has 2 aromatic carbocycles. The van der Waals surface area contributed by atoms with Crippen molar-refractivity contribution in [2.24, 2.45) is 0 Å². The van der Waals surface area contributed by atoms with Crippen molar-refractivity contribution in [1.29, 1.82) is 0 Å². The Balaban J connectivity index is 1.45. The van der Waals surface area contributed by atoms with Crippen LogP contribution in [0, 0.1) is 5.82 Å². The summed E-state index contributed by atoms with van der Waals surface area (Å²) in [6.45, 7) is 0.461. The van der Waals surface area contributed by atoms with E-state index in [9.17, 15) is 9.18 Å². The van der Waals surface area contributed by atoms with Gasteiger partial charge in [-0.05, 0) is 42.5 Å². The summed E-state index contributed by atoms with van der Waals surface area (Å²) in [6, 6.07) is 12.9. The van der Waals surface area contributed by atoms with Gasteiger partial charge in [0.1, 0.15) is 5.82 Å². The number of hydrogen-bond donors (Lipinski definition) is 1. The predicted octanol–water partition coefficient (Wildman–Crippen LogP) is 4.22. The van der Waals surface area contributed by atoms with Crippen molar-refractivity contribution < 1.29 is 9.18 Å². The molecule has 5 nitrogen and oxygen atoms in total. The Bertz CT molecular complexity index is 1110. The second kappa shape index (κ2) is 7.46. The molecule has 136 valence electrons. The molecule has 0 bridgehead atoms. The molecule has 0 aliphatic carbocycles. The first-order valence-corrected chi connectivity index (χ1v) is 9.49. The van der Waals surface area contributed by atoms with Crippen LogP contribution in [0.5, 0.6) is 0 Å².